The van der Waals surface area contributed by atoms with Crippen LogP contribution in [0.15, 0.2) is 18.2 Å². The molecule has 0 aliphatic carbocycles. The van der Waals surface area contributed by atoms with Crippen molar-refractivity contribution in [2.75, 3.05) is 5.73 Å². The van der Waals surface area contributed by atoms with Crippen LogP contribution in [0.3, 0.4) is 0 Å². The third-order valence-electron chi connectivity index (χ3n) is 3.49. The summed E-state index contributed by atoms with van der Waals surface area (Å²) in [6, 6.07) is 4.94. The highest BCUT2D eigenvalue weighted by molar-refractivity contribution is 6.34. The van der Waals surface area contributed by atoms with E-state index in [9.17, 15) is 4.79 Å². The lowest BCUT2D eigenvalue weighted by Crippen LogP contribution is -2.36. The Kier molecular flexibility index (Phi) is 3.73. The summed E-state index contributed by atoms with van der Waals surface area (Å²) in [6.07, 6.45) is 0.302. The third-order valence-corrected chi connectivity index (χ3v) is 3.81. The number of hydrogen-bond acceptors (Lipinski definition) is 4. The fraction of sp³-hybridized carbons (Fsp3) is 0.533. The average molecular weight is 298 g/mol. The molecule has 1 aliphatic rings. The molecule has 1 fully saturated rings. The van der Waals surface area contributed by atoms with Crippen LogP contribution in [0.1, 0.15) is 44.5 Å². The van der Waals surface area contributed by atoms with Crippen LogP contribution in [0.2, 0.25) is 5.02 Å². The fourth-order valence-electron chi connectivity index (χ4n) is 2.64. The van der Waals surface area contributed by atoms with E-state index in [1.807, 2.05) is 27.7 Å². The molecule has 1 unspecified atom stereocenters. The molecule has 110 valence electrons. The first-order chi connectivity index (χ1) is 9.12. The van der Waals surface area contributed by atoms with Gasteiger partial charge in [-0.15, -0.1) is 0 Å². The van der Waals surface area contributed by atoms with Crippen molar-refractivity contribution in [3.63, 3.8) is 0 Å². The van der Waals surface area contributed by atoms with Crippen LogP contribution < -0.4 is 5.73 Å². The number of esters is 1. The lowest BCUT2D eigenvalue weighted by atomic mass is 9.97. The van der Waals surface area contributed by atoms with Crippen LogP contribution in [0.25, 0.3) is 0 Å². The SMILES string of the molecule is CC1(C)CC(OC(=O)c2c(N)cccc2Cl)C(C)(C)O1. The molecule has 2 rings (SSSR count). The van der Waals surface area contributed by atoms with Gasteiger partial charge in [0.1, 0.15) is 17.3 Å². The lowest BCUT2D eigenvalue weighted by molar-refractivity contribution is -0.0924. The van der Waals surface area contributed by atoms with Crippen molar-refractivity contribution >= 4 is 23.3 Å². The largest absolute Gasteiger partial charge is 0.456 e. The number of hydrogen-bond donors (Lipinski definition) is 1. The van der Waals surface area contributed by atoms with Gasteiger partial charge in [-0.05, 0) is 39.8 Å². The van der Waals surface area contributed by atoms with E-state index in [1.54, 1.807) is 18.2 Å². The molecule has 1 saturated heterocycles. The van der Waals surface area contributed by atoms with E-state index in [0.29, 0.717) is 17.1 Å². The Labute approximate surface area is 124 Å². The summed E-state index contributed by atoms with van der Waals surface area (Å²) in [7, 11) is 0. The number of halogens is 1. The van der Waals surface area contributed by atoms with Crippen molar-refractivity contribution in [2.24, 2.45) is 0 Å². The standard InChI is InChI=1S/C15H20ClNO3/c1-14(2)8-11(15(3,4)20-14)19-13(18)12-9(16)6-5-7-10(12)17/h5-7,11H,8,17H2,1-4H3. The molecule has 0 amide bonds. The first kappa shape index (κ1) is 15.1. The van der Waals surface area contributed by atoms with E-state index in [1.165, 1.54) is 0 Å². The van der Waals surface area contributed by atoms with Gasteiger partial charge in [-0.1, -0.05) is 17.7 Å². The molecular formula is C15H20ClNO3. The summed E-state index contributed by atoms with van der Waals surface area (Å²) < 4.78 is 11.5. The number of benzene rings is 1. The van der Waals surface area contributed by atoms with Crippen molar-refractivity contribution in [1.82, 2.24) is 0 Å². The molecule has 0 radical (unpaired) electrons. The number of nitrogens with two attached hydrogens (primary N) is 1. The quantitative estimate of drug-likeness (QED) is 0.671. The zero-order valence-corrected chi connectivity index (χ0v) is 13.0. The van der Waals surface area contributed by atoms with E-state index in [-0.39, 0.29) is 17.3 Å². The molecule has 5 heteroatoms. The second kappa shape index (κ2) is 4.93. The molecule has 0 aromatic heterocycles. The monoisotopic (exact) mass is 297 g/mol. The van der Waals surface area contributed by atoms with Crippen LogP contribution in [0.4, 0.5) is 5.69 Å². The van der Waals surface area contributed by atoms with Crippen LogP contribution in [-0.4, -0.2) is 23.3 Å². The Hall–Kier alpha value is -1.26. The molecule has 0 bridgehead atoms. The second-order valence-electron chi connectivity index (χ2n) is 6.27. The molecule has 1 atom stereocenters. The highest BCUT2D eigenvalue weighted by Gasteiger charge is 2.48. The fourth-order valence-corrected chi connectivity index (χ4v) is 2.90. The van der Waals surface area contributed by atoms with E-state index in [4.69, 9.17) is 26.8 Å². The van der Waals surface area contributed by atoms with Gasteiger partial charge in [-0.3, -0.25) is 0 Å². The Morgan fingerprint density at radius 3 is 2.55 bits per heavy atom. The number of carbonyl (C=O) groups excluding carboxylic acids is 1. The van der Waals surface area contributed by atoms with Crippen LogP contribution in [0.5, 0.6) is 0 Å². The van der Waals surface area contributed by atoms with Gasteiger partial charge in [0.25, 0.3) is 0 Å². The van der Waals surface area contributed by atoms with Gasteiger partial charge in [-0.2, -0.15) is 0 Å². The number of nitrogen functional groups attached to an aromatic ring is 1. The smallest absolute Gasteiger partial charge is 0.342 e. The van der Waals surface area contributed by atoms with Crippen LogP contribution in [0, 0.1) is 0 Å². The molecule has 1 heterocycles. The molecule has 0 spiro atoms. The summed E-state index contributed by atoms with van der Waals surface area (Å²) in [5.41, 5.74) is 5.48. The summed E-state index contributed by atoms with van der Waals surface area (Å²) in [5.74, 6) is -0.507. The summed E-state index contributed by atoms with van der Waals surface area (Å²) in [5, 5.41) is 0.297. The zero-order chi connectivity index (χ0) is 15.1. The lowest BCUT2D eigenvalue weighted by Gasteiger charge is -2.27. The Morgan fingerprint density at radius 2 is 2.05 bits per heavy atom. The number of anilines is 1. The third kappa shape index (κ3) is 2.91. The zero-order valence-electron chi connectivity index (χ0n) is 12.2. The Bertz CT molecular complexity index is 520. The molecule has 1 aromatic carbocycles. The molecule has 1 aromatic rings. The molecular weight excluding hydrogens is 278 g/mol. The summed E-state index contributed by atoms with van der Waals surface area (Å²) >= 11 is 6.02. The van der Waals surface area contributed by atoms with Gasteiger partial charge < -0.3 is 15.2 Å². The van der Waals surface area contributed by atoms with Gasteiger partial charge in [-0.25, -0.2) is 4.79 Å². The number of carbonyl (C=O) groups is 1. The minimum absolute atomic E-state index is 0.217. The van der Waals surface area contributed by atoms with Crippen molar-refractivity contribution in [1.29, 1.82) is 0 Å². The van der Waals surface area contributed by atoms with Gasteiger partial charge in [0.15, 0.2) is 0 Å². The molecule has 4 nitrogen and oxygen atoms in total. The minimum Gasteiger partial charge on any atom is -0.456 e. The van der Waals surface area contributed by atoms with E-state index < -0.39 is 11.6 Å². The topological polar surface area (TPSA) is 61.5 Å². The van der Waals surface area contributed by atoms with E-state index in [2.05, 4.69) is 0 Å². The first-order valence-corrected chi connectivity index (χ1v) is 6.95. The van der Waals surface area contributed by atoms with Gasteiger partial charge >= 0.3 is 5.97 Å². The molecule has 2 N–H and O–H groups in total. The summed E-state index contributed by atoms with van der Waals surface area (Å²) in [4.78, 5) is 12.3. The summed E-state index contributed by atoms with van der Waals surface area (Å²) in [6.45, 7) is 7.78. The maximum absolute atomic E-state index is 12.3. The Morgan fingerprint density at radius 1 is 1.40 bits per heavy atom. The van der Waals surface area contributed by atoms with Crippen LogP contribution >= 0.6 is 11.6 Å². The Balaban J connectivity index is 2.21. The number of ether oxygens (including phenoxy) is 2. The predicted octanol–water partition coefficient (Wildman–Crippen LogP) is 3.43. The van der Waals surface area contributed by atoms with Crippen LogP contribution in [-0.2, 0) is 9.47 Å². The van der Waals surface area contributed by atoms with E-state index in [0.717, 1.165) is 0 Å². The van der Waals surface area contributed by atoms with Crippen molar-refractivity contribution < 1.29 is 14.3 Å². The predicted molar refractivity (Wildman–Crippen MR) is 78.9 cm³/mol. The maximum atomic E-state index is 12.3. The highest BCUT2D eigenvalue weighted by atomic mass is 35.5. The van der Waals surface area contributed by atoms with Crippen molar-refractivity contribution in [3.05, 3.63) is 28.8 Å². The molecule has 20 heavy (non-hydrogen) atoms. The minimum atomic E-state index is -0.533. The van der Waals surface area contributed by atoms with E-state index >= 15 is 0 Å². The van der Waals surface area contributed by atoms with Gasteiger partial charge in [0, 0.05) is 12.1 Å². The molecule has 0 saturated carbocycles. The second-order valence-corrected chi connectivity index (χ2v) is 6.67. The highest BCUT2D eigenvalue weighted by Crippen LogP contribution is 2.39. The van der Waals surface area contributed by atoms with Crippen molar-refractivity contribution in [3.8, 4) is 0 Å². The normalized spacial score (nSPS) is 23.6. The van der Waals surface area contributed by atoms with Crippen molar-refractivity contribution in [2.45, 2.75) is 51.4 Å². The molecule has 1 aliphatic heterocycles. The van der Waals surface area contributed by atoms with Gasteiger partial charge in [0.2, 0.25) is 0 Å². The van der Waals surface area contributed by atoms with Gasteiger partial charge in [0.05, 0.1) is 10.6 Å². The number of rotatable bonds is 2. The average Bonchev–Trinajstić information content (AvgIpc) is 2.46. The maximum Gasteiger partial charge on any atom is 0.342 e. The first-order valence-electron chi connectivity index (χ1n) is 6.57.